The number of hydrogen-bond acceptors (Lipinski definition) is 3. The summed E-state index contributed by atoms with van der Waals surface area (Å²) in [6.45, 7) is 3.01. The summed E-state index contributed by atoms with van der Waals surface area (Å²) in [5.41, 5.74) is 2.97. The molecule has 0 bridgehead atoms. The van der Waals surface area contributed by atoms with E-state index in [0.29, 0.717) is 5.57 Å². The number of hydrogen-bond donors (Lipinski definition) is 2. The van der Waals surface area contributed by atoms with E-state index in [1.807, 2.05) is 6.08 Å². The molecule has 0 amide bonds. The molecule has 0 fully saturated rings. The Morgan fingerprint density at radius 3 is 2.63 bits per heavy atom. The standard InChI is InChI=1S/C16H27NO2/c1-2-3-10-17-16-9-7-5-4-6-8-15(16)11-14(12-18)13-19/h11-12,17,19H,2-10,13H2,1H3/b14-11+,16-15-. The molecular weight excluding hydrogens is 238 g/mol. The van der Waals surface area contributed by atoms with Gasteiger partial charge in [-0.15, -0.1) is 0 Å². The predicted molar refractivity (Wildman–Crippen MR) is 78.9 cm³/mol. The van der Waals surface area contributed by atoms with Gasteiger partial charge in [0.15, 0.2) is 0 Å². The number of carbonyl (C=O) groups excluding carboxylic acids is 1. The van der Waals surface area contributed by atoms with Crippen molar-refractivity contribution in [2.24, 2.45) is 0 Å². The molecule has 2 N–H and O–H groups in total. The van der Waals surface area contributed by atoms with E-state index in [0.717, 1.165) is 25.7 Å². The third kappa shape index (κ3) is 6.06. The van der Waals surface area contributed by atoms with Gasteiger partial charge in [-0.3, -0.25) is 4.79 Å². The Labute approximate surface area is 116 Å². The Balaban J connectivity index is 2.85. The van der Waals surface area contributed by atoms with Crippen LogP contribution in [-0.2, 0) is 4.79 Å². The lowest BCUT2D eigenvalue weighted by atomic mass is 9.95. The van der Waals surface area contributed by atoms with E-state index in [4.69, 9.17) is 5.11 Å². The Morgan fingerprint density at radius 1 is 1.26 bits per heavy atom. The van der Waals surface area contributed by atoms with Gasteiger partial charge in [-0.05, 0) is 43.8 Å². The Bertz CT molecular complexity index is 332. The van der Waals surface area contributed by atoms with Crippen LogP contribution in [0.25, 0.3) is 0 Å². The molecule has 19 heavy (non-hydrogen) atoms. The maximum Gasteiger partial charge on any atom is 0.148 e. The molecule has 0 unspecified atom stereocenters. The van der Waals surface area contributed by atoms with Crippen LogP contribution in [0.2, 0.25) is 0 Å². The minimum atomic E-state index is -0.171. The summed E-state index contributed by atoms with van der Waals surface area (Å²) in [6, 6.07) is 0. The molecule has 3 heteroatoms. The van der Waals surface area contributed by atoms with Gasteiger partial charge >= 0.3 is 0 Å². The van der Waals surface area contributed by atoms with Gasteiger partial charge in [-0.25, -0.2) is 0 Å². The number of unbranched alkanes of at least 4 members (excludes halogenated alkanes) is 1. The van der Waals surface area contributed by atoms with E-state index in [-0.39, 0.29) is 6.61 Å². The van der Waals surface area contributed by atoms with Gasteiger partial charge in [0.05, 0.1) is 6.61 Å². The fourth-order valence-corrected chi connectivity index (χ4v) is 2.40. The molecule has 1 aliphatic rings. The van der Waals surface area contributed by atoms with Crippen LogP contribution >= 0.6 is 0 Å². The second-order valence-corrected chi connectivity index (χ2v) is 5.19. The molecular formula is C16H27NO2. The van der Waals surface area contributed by atoms with E-state index in [1.165, 1.54) is 49.8 Å². The molecule has 0 atom stereocenters. The summed E-state index contributed by atoms with van der Waals surface area (Å²) >= 11 is 0. The zero-order valence-corrected chi connectivity index (χ0v) is 12.1. The quantitative estimate of drug-likeness (QED) is 0.422. The van der Waals surface area contributed by atoms with E-state index in [2.05, 4.69) is 12.2 Å². The first-order valence-electron chi connectivity index (χ1n) is 7.54. The second kappa shape index (κ2) is 9.79. The van der Waals surface area contributed by atoms with E-state index < -0.39 is 0 Å². The normalized spacial score (nSPS) is 21.7. The minimum Gasteiger partial charge on any atom is -0.392 e. The number of allylic oxidation sites excluding steroid dienone is 3. The Morgan fingerprint density at radius 2 is 2.00 bits per heavy atom. The molecule has 108 valence electrons. The molecule has 0 heterocycles. The molecule has 0 radical (unpaired) electrons. The topological polar surface area (TPSA) is 49.3 Å². The summed E-state index contributed by atoms with van der Waals surface area (Å²) in [5.74, 6) is 0. The van der Waals surface area contributed by atoms with Gasteiger partial charge in [-0.1, -0.05) is 26.2 Å². The van der Waals surface area contributed by atoms with E-state index in [9.17, 15) is 4.79 Å². The van der Waals surface area contributed by atoms with Crippen molar-refractivity contribution < 1.29 is 9.90 Å². The SMILES string of the molecule is CCCCN/C1=C(\C=C(/C=O)CO)CCCCCC1. The number of aliphatic hydroxyl groups excluding tert-OH is 1. The van der Waals surface area contributed by atoms with Crippen molar-refractivity contribution in [2.45, 2.75) is 58.3 Å². The van der Waals surface area contributed by atoms with Crippen molar-refractivity contribution in [3.8, 4) is 0 Å². The van der Waals surface area contributed by atoms with Crippen LogP contribution in [0.1, 0.15) is 58.3 Å². The molecule has 1 rings (SSSR count). The highest BCUT2D eigenvalue weighted by molar-refractivity contribution is 5.74. The van der Waals surface area contributed by atoms with Crippen LogP contribution in [-0.4, -0.2) is 24.5 Å². The zero-order chi connectivity index (χ0) is 13.9. The van der Waals surface area contributed by atoms with Gasteiger partial charge in [0, 0.05) is 17.8 Å². The number of aliphatic hydroxyl groups is 1. The van der Waals surface area contributed by atoms with Gasteiger partial charge in [0.1, 0.15) is 6.29 Å². The molecule has 0 spiro atoms. The average molecular weight is 265 g/mol. The predicted octanol–water partition coefficient (Wildman–Crippen LogP) is 3.10. The monoisotopic (exact) mass is 265 g/mol. The van der Waals surface area contributed by atoms with Crippen LogP contribution in [0.3, 0.4) is 0 Å². The molecule has 0 aliphatic heterocycles. The Kier molecular flexibility index (Phi) is 8.23. The van der Waals surface area contributed by atoms with Crippen LogP contribution < -0.4 is 5.32 Å². The summed E-state index contributed by atoms with van der Waals surface area (Å²) in [6.07, 6.45) is 12.0. The highest BCUT2D eigenvalue weighted by Gasteiger charge is 2.09. The average Bonchev–Trinajstić information content (AvgIpc) is 2.41. The maximum atomic E-state index is 10.9. The maximum absolute atomic E-state index is 10.9. The van der Waals surface area contributed by atoms with Crippen LogP contribution in [0, 0.1) is 0 Å². The fraction of sp³-hybridized carbons (Fsp3) is 0.688. The van der Waals surface area contributed by atoms with E-state index >= 15 is 0 Å². The van der Waals surface area contributed by atoms with Crippen molar-refractivity contribution in [3.63, 3.8) is 0 Å². The first-order chi connectivity index (χ1) is 9.31. The first kappa shape index (κ1) is 16.0. The smallest absolute Gasteiger partial charge is 0.148 e. The molecule has 0 aromatic rings. The van der Waals surface area contributed by atoms with Gasteiger partial charge < -0.3 is 10.4 Å². The van der Waals surface area contributed by atoms with Gasteiger partial charge in [-0.2, -0.15) is 0 Å². The lowest BCUT2D eigenvalue weighted by molar-refractivity contribution is -0.105. The van der Waals surface area contributed by atoms with Crippen molar-refractivity contribution in [1.29, 1.82) is 0 Å². The third-order valence-corrected chi connectivity index (χ3v) is 3.57. The fourth-order valence-electron chi connectivity index (χ4n) is 2.40. The first-order valence-corrected chi connectivity index (χ1v) is 7.54. The zero-order valence-electron chi connectivity index (χ0n) is 12.1. The van der Waals surface area contributed by atoms with Crippen molar-refractivity contribution in [1.82, 2.24) is 5.32 Å². The van der Waals surface area contributed by atoms with Crippen LogP contribution in [0.4, 0.5) is 0 Å². The summed E-state index contributed by atoms with van der Waals surface area (Å²) in [7, 11) is 0. The summed E-state index contributed by atoms with van der Waals surface area (Å²) in [5, 5.41) is 12.7. The largest absolute Gasteiger partial charge is 0.392 e. The Hall–Kier alpha value is -1.09. The molecule has 3 nitrogen and oxygen atoms in total. The summed E-state index contributed by atoms with van der Waals surface area (Å²) in [4.78, 5) is 10.9. The van der Waals surface area contributed by atoms with Gasteiger partial charge in [0.2, 0.25) is 0 Å². The number of carbonyl (C=O) groups is 1. The van der Waals surface area contributed by atoms with Crippen LogP contribution in [0.15, 0.2) is 22.9 Å². The second-order valence-electron chi connectivity index (χ2n) is 5.19. The minimum absolute atomic E-state index is 0.171. The highest BCUT2D eigenvalue weighted by Crippen LogP contribution is 2.23. The van der Waals surface area contributed by atoms with Crippen molar-refractivity contribution >= 4 is 6.29 Å². The number of nitrogens with one attached hydrogen (secondary N) is 1. The number of rotatable bonds is 7. The molecule has 1 aliphatic carbocycles. The summed E-state index contributed by atoms with van der Waals surface area (Å²) < 4.78 is 0. The number of aldehydes is 1. The molecule has 0 aromatic heterocycles. The lowest BCUT2D eigenvalue weighted by Gasteiger charge is -2.18. The molecule has 0 aromatic carbocycles. The van der Waals surface area contributed by atoms with Gasteiger partial charge in [0.25, 0.3) is 0 Å². The van der Waals surface area contributed by atoms with Crippen molar-refractivity contribution in [3.05, 3.63) is 22.9 Å². The third-order valence-electron chi connectivity index (χ3n) is 3.57. The van der Waals surface area contributed by atoms with Crippen LogP contribution in [0.5, 0.6) is 0 Å². The molecule has 0 saturated heterocycles. The highest BCUT2D eigenvalue weighted by atomic mass is 16.3. The lowest BCUT2D eigenvalue weighted by Crippen LogP contribution is -2.17. The van der Waals surface area contributed by atoms with Crippen molar-refractivity contribution in [2.75, 3.05) is 13.2 Å². The molecule has 0 saturated carbocycles. The van der Waals surface area contributed by atoms with E-state index in [1.54, 1.807) is 0 Å².